The van der Waals surface area contributed by atoms with Crippen LogP contribution in [0.4, 0.5) is 0 Å². The maximum absolute atomic E-state index is 12.4. The lowest BCUT2D eigenvalue weighted by Crippen LogP contribution is -2.59. The van der Waals surface area contributed by atoms with Gasteiger partial charge in [0.25, 0.3) is 0 Å². The van der Waals surface area contributed by atoms with Gasteiger partial charge in [0, 0.05) is 25.6 Å². The maximum Gasteiger partial charge on any atom is 0.226 e. The molecule has 0 aromatic rings. The van der Waals surface area contributed by atoms with Gasteiger partial charge >= 0.3 is 0 Å². The van der Waals surface area contributed by atoms with Crippen LogP contribution < -0.4 is 5.32 Å². The Morgan fingerprint density at radius 3 is 2.44 bits per heavy atom. The highest BCUT2D eigenvalue weighted by atomic mass is 16.2. The quantitative estimate of drug-likeness (QED) is 0.776. The van der Waals surface area contributed by atoms with E-state index >= 15 is 0 Å². The maximum atomic E-state index is 12.4. The predicted octanol–water partition coefficient (Wildman–Crippen LogP) is 1.24. The molecular formula is C13H22N2O. The Kier molecular flexibility index (Phi) is 2.66. The topological polar surface area (TPSA) is 32.3 Å². The van der Waals surface area contributed by atoms with Crippen LogP contribution in [-0.2, 0) is 4.79 Å². The van der Waals surface area contributed by atoms with E-state index in [9.17, 15) is 4.79 Å². The van der Waals surface area contributed by atoms with Crippen molar-refractivity contribution in [2.75, 3.05) is 19.6 Å². The van der Waals surface area contributed by atoms with Crippen molar-refractivity contribution in [3.05, 3.63) is 0 Å². The van der Waals surface area contributed by atoms with E-state index in [1.807, 2.05) is 0 Å². The zero-order valence-electron chi connectivity index (χ0n) is 10.1. The SMILES string of the molecule is CCCN(C(=O)C1CC2CC2C1)C1CNC1. The van der Waals surface area contributed by atoms with Crippen molar-refractivity contribution < 1.29 is 4.79 Å². The van der Waals surface area contributed by atoms with Crippen molar-refractivity contribution in [3.8, 4) is 0 Å². The fraction of sp³-hybridized carbons (Fsp3) is 0.923. The monoisotopic (exact) mass is 222 g/mol. The molecule has 3 aliphatic rings. The van der Waals surface area contributed by atoms with Crippen molar-refractivity contribution >= 4 is 5.91 Å². The summed E-state index contributed by atoms with van der Waals surface area (Å²) >= 11 is 0. The summed E-state index contributed by atoms with van der Waals surface area (Å²) in [7, 11) is 0. The standard InChI is InChI=1S/C13H22N2O/c1-2-3-15(12-7-14-8-12)13(16)11-5-9-4-10(9)6-11/h9-12,14H,2-8H2,1H3. The van der Waals surface area contributed by atoms with Crippen molar-refractivity contribution in [2.24, 2.45) is 17.8 Å². The normalized spacial score (nSPS) is 36.7. The van der Waals surface area contributed by atoms with Gasteiger partial charge in [-0.1, -0.05) is 6.92 Å². The molecule has 3 fully saturated rings. The van der Waals surface area contributed by atoms with Gasteiger partial charge in [0.05, 0.1) is 6.04 Å². The Morgan fingerprint density at radius 2 is 1.94 bits per heavy atom. The molecule has 0 aromatic heterocycles. The molecule has 16 heavy (non-hydrogen) atoms. The molecule has 2 atom stereocenters. The molecule has 0 spiro atoms. The summed E-state index contributed by atoms with van der Waals surface area (Å²) in [5, 5.41) is 3.27. The molecule has 0 radical (unpaired) electrons. The fourth-order valence-electron chi connectivity index (χ4n) is 3.36. The number of amides is 1. The van der Waals surface area contributed by atoms with Crippen LogP contribution in [0.2, 0.25) is 0 Å². The summed E-state index contributed by atoms with van der Waals surface area (Å²) in [6.07, 6.45) is 4.86. The van der Waals surface area contributed by atoms with Gasteiger partial charge in [-0.05, 0) is 37.5 Å². The Labute approximate surface area is 97.6 Å². The molecule has 2 unspecified atom stereocenters. The van der Waals surface area contributed by atoms with E-state index < -0.39 is 0 Å². The third-order valence-electron chi connectivity index (χ3n) is 4.54. The van der Waals surface area contributed by atoms with Gasteiger partial charge in [-0.3, -0.25) is 4.79 Å². The van der Waals surface area contributed by atoms with Crippen LogP contribution in [0.15, 0.2) is 0 Å². The first-order valence-electron chi connectivity index (χ1n) is 6.80. The number of fused-ring (bicyclic) bond motifs is 1. The van der Waals surface area contributed by atoms with E-state index in [1.54, 1.807) is 0 Å². The van der Waals surface area contributed by atoms with E-state index in [4.69, 9.17) is 0 Å². The van der Waals surface area contributed by atoms with Gasteiger partial charge in [0.15, 0.2) is 0 Å². The fourth-order valence-corrected chi connectivity index (χ4v) is 3.36. The summed E-state index contributed by atoms with van der Waals surface area (Å²) in [6, 6.07) is 0.490. The number of rotatable bonds is 4. The van der Waals surface area contributed by atoms with Crippen LogP contribution in [-0.4, -0.2) is 36.5 Å². The van der Waals surface area contributed by atoms with Crippen LogP contribution in [0.5, 0.6) is 0 Å². The van der Waals surface area contributed by atoms with Crippen molar-refractivity contribution in [1.82, 2.24) is 10.2 Å². The summed E-state index contributed by atoms with van der Waals surface area (Å²) in [4.78, 5) is 14.6. The van der Waals surface area contributed by atoms with E-state index in [1.165, 1.54) is 19.3 Å². The zero-order valence-corrected chi connectivity index (χ0v) is 10.1. The molecule has 3 nitrogen and oxygen atoms in total. The number of nitrogens with one attached hydrogen (secondary N) is 1. The van der Waals surface area contributed by atoms with Crippen LogP contribution in [0, 0.1) is 17.8 Å². The molecule has 1 N–H and O–H groups in total. The lowest BCUT2D eigenvalue weighted by molar-refractivity contribution is -0.139. The number of carbonyl (C=O) groups excluding carboxylic acids is 1. The average Bonchev–Trinajstić information content (AvgIpc) is 2.82. The van der Waals surface area contributed by atoms with Crippen LogP contribution in [0.1, 0.15) is 32.6 Å². The van der Waals surface area contributed by atoms with Gasteiger partial charge in [-0.15, -0.1) is 0 Å². The van der Waals surface area contributed by atoms with E-state index in [-0.39, 0.29) is 0 Å². The molecule has 3 rings (SSSR count). The summed E-state index contributed by atoms with van der Waals surface area (Å²) < 4.78 is 0. The number of carbonyl (C=O) groups is 1. The smallest absolute Gasteiger partial charge is 0.226 e. The minimum Gasteiger partial charge on any atom is -0.337 e. The molecule has 0 bridgehead atoms. The highest BCUT2D eigenvalue weighted by Crippen LogP contribution is 2.54. The van der Waals surface area contributed by atoms with Gasteiger partial charge < -0.3 is 10.2 Å². The highest BCUT2D eigenvalue weighted by molar-refractivity contribution is 5.80. The van der Waals surface area contributed by atoms with Crippen LogP contribution in [0.3, 0.4) is 0 Å². The Hall–Kier alpha value is -0.570. The minimum atomic E-state index is 0.371. The Morgan fingerprint density at radius 1 is 1.25 bits per heavy atom. The molecule has 1 amide bonds. The molecule has 1 saturated heterocycles. The second kappa shape index (κ2) is 4.02. The van der Waals surface area contributed by atoms with E-state index in [2.05, 4.69) is 17.1 Å². The minimum absolute atomic E-state index is 0.371. The summed E-state index contributed by atoms with van der Waals surface area (Å²) in [6.45, 7) is 5.13. The molecule has 2 saturated carbocycles. The van der Waals surface area contributed by atoms with Gasteiger partial charge in [-0.2, -0.15) is 0 Å². The Balaban J connectivity index is 1.61. The zero-order chi connectivity index (χ0) is 11.1. The van der Waals surface area contributed by atoms with Crippen LogP contribution >= 0.6 is 0 Å². The van der Waals surface area contributed by atoms with Crippen molar-refractivity contribution in [1.29, 1.82) is 0 Å². The number of hydrogen-bond donors (Lipinski definition) is 1. The largest absolute Gasteiger partial charge is 0.337 e. The molecule has 1 aliphatic heterocycles. The molecule has 2 aliphatic carbocycles. The third kappa shape index (κ3) is 1.75. The first kappa shape index (κ1) is 10.6. The average molecular weight is 222 g/mol. The van der Waals surface area contributed by atoms with Crippen molar-refractivity contribution in [2.45, 2.75) is 38.6 Å². The molecule has 3 heteroatoms. The second-order valence-corrected chi connectivity index (χ2v) is 5.77. The molecule has 1 heterocycles. The number of hydrogen-bond acceptors (Lipinski definition) is 2. The molecule has 0 aromatic carbocycles. The molecular weight excluding hydrogens is 200 g/mol. The lowest BCUT2D eigenvalue weighted by Gasteiger charge is -2.39. The summed E-state index contributed by atoms with van der Waals surface area (Å²) in [5.41, 5.74) is 0. The first-order chi connectivity index (χ1) is 7.79. The van der Waals surface area contributed by atoms with Crippen LogP contribution in [0.25, 0.3) is 0 Å². The highest BCUT2D eigenvalue weighted by Gasteiger charge is 2.49. The predicted molar refractivity (Wildman–Crippen MR) is 63.0 cm³/mol. The molecule has 90 valence electrons. The third-order valence-corrected chi connectivity index (χ3v) is 4.54. The number of nitrogens with zero attached hydrogens (tertiary/aromatic N) is 1. The summed E-state index contributed by atoms with van der Waals surface area (Å²) in [5.74, 6) is 2.66. The van der Waals surface area contributed by atoms with E-state index in [0.29, 0.717) is 17.9 Å². The van der Waals surface area contributed by atoms with Crippen molar-refractivity contribution in [3.63, 3.8) is 0 Å². The first-order valence-corrected chi connectivity index (χ1v) is 6.80. The second-order valence-electron chi connectivity index (χ2n) is 5.77. The lowest BCUT2D eigenvalue weighted by atomic mass is 9.99. The van der Waals surface area contributed by atoms with Gasteiger partial charge in [-0.25, -0.2) is 0 Å². The van der Waals surface area contributed by atoms with Gasteiger partial charge in [0.1, 0.15) is 0 Å². The Bertz CT molecular complexity index is 278. The van der Waals surface area contributed by atoms with Gasteiger partial charge in [0.2, 0.25) is 5.91 Å². The van der Waals surface area contributed by atoms with E-state index in [0.717, 1.165) is 37.9 Å².